The van der Waals surface area contributed by atoms with E-state index in [9.17, 15) is 9.59 Å². The van der Waals surface area contributed by atoms with Crippen molar-refractivity contribution < 1.29 is 9.59 Å². The molecule has 0 aliphatic carbocycles. The SMILES string of the molecule is CCCN(CC(=O)Nc1ccccc1C)C(=O)CNC(C)c1ccccc1C. The van der Waals surface area contributed by atoms with Gasteiger partial charge in [0.25, 0.3) is 0 Å². The maximum atomic E-state index is 12.7. The smallest absolute Gasteiger partial charge is 0.244 e. The lowest BCUT2D eigenvalue weighted by Crippen LogP contribution is -2.43. The molecule has 2 rings (SSSR count). The summed E-state index contributed by atoms with van der Waals surface area (Å²) in [6.07, 6.45) is 0.802. The zero-order valence-corrected chi connectivity index (χ0v) is 17.3. The Hall–Kier alpha value is -2.66. The highest BCUT2D eigenvalue weighted by atomic mass is 16.2. The molecule has 0 aliphatic rings. The van der Waals surface area contributed by atoms with Crippen molar-refractivity contribution in [3.63, 3.8) is 0 Å². The van der Waals surface area contributed by atoms with Crippen molar-refractivity contribution in [1.29, 1.82) is 0 Å². The molecule has 0 spiro atoms. The van der Waals surface area contributed by atoms with E-state index in [1.165, 1.54) is 11.1 Å². The van der Waals surface area contributed by atoms with Gasteiger partial charge in [-0.3, -0.25) is 9.59 Å². The summed E-state index contributed by atoms with van der Waals surface area (Å²) in [5.41, 5.74) is 4.15. The third-order valence-corrected chi connectivity index (χ3v) is 4.81. The lowest BCUT2D eigenvalue weighted by molar-refractivity contribution is -0.134. The molecule has 1 atom stereocenters. The topological polar surface area (TPSA) is 61.4 Å². The summed E-state index contributed by atoms with van der Waals surface area (Å²) in [5, 5.41) is 6.19. The molecule has 28 heavy (non-hydrogen) atoms. The average molecular weight is 382 g/mol. The molecule has 5 heteroatoms. The fourth-order valence-corrected chi connectivity index (χ4v) is 3.17. The van der Waals surface area contributed by atoms with E-state index in [4.69, 9.17) is 0 Å². The summed E-state index contributed by atoms with van der Waals surface area (Å²) in [6.45, 7) is 8.87. The molecule has 2 aromatic carbocycles. The molecule has 0 fully saturated rings. The van der Waals surface area contributed by atoms with Gasteiger partial charge in [-0.15, -0.1) is 0 Å². The standard InChI is InChI=1S/C23H31N3O2/c1-5-14-26(16-22(27)25-21-13-9-7-11-18(21)3)23(28)15-24-19(4)20-12-8-6-10-17(20)2/h6-13,19,24H,5,14-16H2,1-4H3,(H,25,27). The molecule has 5 nitrogen and oxygen atoms in total. The first-order valence-electron chi connectivity index (χ1n) is 9.84. The minimum absolute atomic E-state index is 0.0570. The number of carbonyl (C=O) groups is 2. The Morgan fingerprint density at radius 1 is 1.00 bits per heavy atom. The molecule has 0 radical (unpaired) electrons. The van der Waals surface area contributed by atoms with Crippen LogP contribution in [-0.4, -0.2) is 36.3 Å². The first-order chi connectivity index (χ1) is 13.4. The third-order valence-electron chi connectivity index (χ3n) is 4.81. The summed E-state index contributed by atoms with van der Waals surface area (Å²) < 4.78 is 0. The number of hydrogen-bond acceptors (Lipinski definition) is 3. The number of anilines is 1. The van der Waals surface area contributed by atoms with Gasteiger partial charge < -0.3 is 15.5 Å². The van der Waals surface area contributed by atoms with Crippen molar-refractivity contribution in [1.82, 2.24) is 10.2 Å². The van der Waals surface area contributed by atoms with Crippen LogP contribution >= 0.6 is 0 Å². The van der Waals surface area contributed by atoms with Crippen LogP contribution in [0.3, 0.4) is 0 Å². The monoisotopic (exact) mass is 381 g/mol. The molecule has 150 valence electrons. The summed E-state index contributed by atoms with van der Waals surface area (Å²) in [4.78, 5) is 26.7. The van der Waals surface area contributed by atoms with E-state index < -0.39 is 0 Å². The van der Waals surface area contributed by atoms with E-state index in [-0.39, 0.29) is 30.9 Å². The molecule has 0 heterocycles. The second-order valence-electron chi connectivity index (χ2n) is 7.14. The number of para-hydroxylation sites is 1. The van der Waals surface area contributed by atoms with Crippen LogP contribution in [0.1, 0.15) is 43.0 Å². The van der Waals surface area contributed by atoms with Crippen LogP contribution < -0.4 is 10.6 Å². The Balaban J connectivity index is 1.93. The predicted molar refractivity (Wildman–Crippen MR) is 114 cm³/mol. The first-order valence-corrected chi connectivity index (χ1v) is 9.84. The zero-order valence-electron chi connectivity index (χ0n) is 17.3. The van der Waals surface area contributed by atoms with Gasteiger partial charge in [-0.1, -0.05) is 49.4 Å². The number of amides is 2. The first kappa shape index (κ1) is 21.6. The van der Waals surface area contributed by atoms with Crippen LogP contribution in [0.5, 0.6) is 0 Å². The van der Waals surface area contributed by atoms with Crippen LogP contribution in [0.25, 0.3) is 0 Å². The minimum Gasteiger partial charge on any atom is -0.332 e. The lowest BCUT2D eigenvalue weighted by Gasteiger charge is -2.24. The number of rotatable bonds is 9. The van der Waals surface area contributed by atoms with Crippen molar-refractivity contribution in [3.05, 3.63) is 65.2 Å². The summed E-state index contributed by atoms with van der Waals surface area (Å²) in [6, 6.07) is 15.8. The van der Waals surface area contributed by atoms with Gasteiger partial charge in [0.1, 0.15) is 0 Å². The fourth-order valence-electron chi connectivity index (χ4n) is 3.17. The largest absolute Gasteiger partial charge is 0.332 e. The Kier molecular flexibility index (Phi) is 8.20. The van der Waals surface area contributed by atoms with Crippen molar-refractivity contribution >= 4 is 17.5 Å². The van der Waals surface area contributed by atoms with Gasteiger partial charge in [-0.05, 0) is 49.9 Å². The fraction of sp³-hybridized carbons (Fsp3) is 0.391. The Morgan fingerprint density at radius 3 is 2.29 bits per heavy atom. The second-order valence-corrected chi connectivity index (χ2v) is 7.14. The highest BCUT2D eigenvalue weighted by Gasteiger charge is 2.18. The number of nitrogens with zero attached hydrogens (tertiary/aromatic N) is 1. The van der Waals surface area contributed by atoms with Crippen LogP contribution in [0.2, 0.25) is 0 Å². The van der Waals surface area contributed by atoms with Crippen LogP contribution in [-0.2, 0) is 9.59 Å². The maximum Gasteiger partial charge on any atom is 0.244 e. The lowest BCUT2D eigenvalue weighted by atomic mass is 10.0. The van der Waals surface area contributed by atoms with E-state index in [0.717, 1.165) is 17.7 Å². The van der Waals surface area contributed by atoms with E-state index in [1.54, 1.807) is 4.90 Å². The normalized spacial score (nSPS) is 11.7. The van der Waals surface area contributed by atoms with E-state index >= 15 is 0 Å². The van der Waals surface area contributed by atoms with Crippen LogP contribution in [0.4, 0.5) is 5.69 Å². The van der Waals surface area contributed by atoms with Crippen LogP contribution in [0.15, 0.2) is 48.5 Å². The summed E-state index contributed by atoms with van der Waals surface area (Å²) in [7, 11) is 0. The Bertz CT molecular complexity index is 804. The van der Waals surface area contributed by atoms with E-state index in [2.05, 4.69) is 29.7 Å². The molecule has 2 N–H and O–H groups in total. The molecule has 0 aromatic heterocycles. The predicted octanol–water partition coefficient (Wildman–Crippen LogP) is 3.83. The number of aryl methyl sites for hydroxylation is 2. The quantitative estimate of drug-likeness (QED) is 0.694. The molecule has 2 aromatic rings. The van der Waals surface area contributed by atoms with Crippen molar-refractivity contribution in [2.75, 3.05) is 25.0 Å². The molecular formula is C23H31N3O2. The zero-order chi connectivity index (χ0) is 20.5. The second kappa shape index (κ2) is 10.6. The number of hydrogen-bond donors (Lipinski definition) is 2. The third kappa shape index (κ3) is 6.20. The highest BCUT2D eigenvalue weighted by Crippen LogP contribution is 2.16. The minimum atomic E-state index is -0.178. The molecular weight excluding hydrogens is 350 g/mol. The number of carbonyl (C=O) groups excluding carboxylic acids is 2. The molecule has 0 saturated heterocycles. The van der Waals surface area contributed by atoms with Gasteiger partial charge in [0, 0.05) is 18.3 Å². The number of benzene rings is 2. The molecule has 0 saturated carbocycles. The van der Waals surface area contributed by atoms with Gasteiger partial charge in [-0.2, -0.15) is 0 Å². The molecule has 0 bridgehead atoms. The summed E-state index contributed by atoms with van der Waals surface area (Å²) >= 11 is 0. The van der Waals surface area contributed by atoms with Crippen molar-refractivity contribution in [2.24, 2.45) is 0 Å². The maximum absolute atomic E-state index is 12.7. The molecule has 0 aliphatic heterocycles. The van der Waals surface area contributed by atoms with Crippen molar-refractivity contribution in [2.45, 2.75) is 40.2 Å². The van der Waals surface area contributed by atoms with Gasteiger partial charge >= 0.3 is 0 Å². The highest BCUT2D eigenvalue weighted by molar-refractivity contribution is 5.95. The number of nitrogens with one attached hydrogen (secondary N) is 2. The van der Waals surface area contributed by atoms with Gasteiger partial charge in [0.2, 0.25) is 11.8 Å². The molecule has 2 amide bonds. The van der Waals surface area contributed by atoms with E-state index in [1.807, 2.05) is 57.2 Å². The van der Waals surface area contributed by atoms with Gasteiger partial charge in [-0.25, -0.2) is 0 Å². The van der Waals surface area contributed by atoms with Crippen molar-refractivity contribution in [3.8, 4) is 0 Å². The van der Waals surface area contributed by atoms with E-state index in [0.29, 0.717) is 6.54 Å². The van der Waals surface area contributed by atoms with Gasteiger partial charge in [0.15, 0.2) is 0 Å². The average Bonchev–Trinajstić information content (AvgIpc) is 2.67. The summed E-state index contributed by atoms with van der Waals surface area (Å²) in [5.74, 6) is -0.245. The van der Waals surface area contributed by atoms with Crippen LogP contribution in [0, 0.1) is 13.8 Å². The molecule has 1 unspecified atom stereocenters. The Labute approximate surface area is 168 Å². The Morgan fingerprint density at radius 2 is 1.64 bits per heavy atom. The van der Waals surface area contributed by atoms with Gasteiger partial charge in [0.05, 0.1) is 13.1 Å².